The molecule has 0 aliphatic rings. The van der Waals surface area contributed by atoms with E-state index in [0.29, 0.717) is 5.69 Å². The summed E-state index contributed by atoms with van der Waals surface area (Å²) in [6.07, 6.45) is 0. The first-order chi connectivity index (χ1) is 8.02. The zero-order valence-corrected chi connectivity index (χ0v) is 9.42. The van der Waals surface area contributed by atoms with Crippen LogP contribution in [0.1, 0.15) is 5.56 Å². The molecule has 0 aliphatic heterocycles. The molecular formula is C11H14FN3O2. The first-order valence-corrected chi connectivity index (χ1v) is 5.05. The lowest BCUT2D eigenvalue weighted by Crippen LogP contribution is -2.36. The highest BCUT2D eigenvalue weighted by molar-refractivity contribution is 5.95. The van der Waals surface area contributed by atoms with Crippen molar-refractivity contribution in [2.45, 2.75) is 6.92 Å². The van der Waals surface area contributed by atoms with Gasteiger partial charge in [-0.1, -0.05) is 6.07 Å². The highest BCUT2D eigenvalue weighted by Gasteiger charge is 2.07. The first kappa shape index (κ1) is 13.1. The van der Waals surface area contributed by atoms with Crippen LogP contribution in [0.5, 0.6) is 0 Å². The summed E-state index contributed by atoms with van der Waals surface area (Å²) in [5.74, 6) is -1.28. The van der Waals surface area contributed by atoms with E-state index in [0.717, 1.165) is 5.56 Å². The van der Waals surface area contributed by atoms with E-state index >= 15 is 0 Å². The van der Waals surface area contributed by atoms with E-state index in [9.17, 15) is 14.0 Å². The summed E-state index contributed by atoms with van der Waals surface area (Å²) >= 11 is 0. The number of aryl methyl sites for hydroxylation is 1. The minimum atomic E-state index is -0.433. The molecule has 5 nitrogen and oxygen atoms in total. The molecule has 0 aliphatic carbocycles. The van der Waals surface area contributed by atoms with Crippen LogP contribution in [-0.4, -0.2) is 24.9 Å². The Bertz CT molecular complexity index is 435. The van der Waals surface area contributed by atoms with Crippen molar-refractivity contribution in [2.75, 3.05) is 18.4 Å². The van der Waals surface area contributed by atoms with Gasteiger partial charge in [-0.15, -0.1) is 0 Å². The van der Waals surface area contributed by atoms with Crippen LogP contribution < -0.4 is 16.4 Å². The van der Waals surface area contributed by atoms with Crippen molar-refractivity contribution < 1.29 is 14.0 Å². The molecule has 0 bridgehead atoms. The van der Waals surface area contributed by atoms with Crippen molar-refractivity contribution in [3.8, 4) is 0 Å². The lowest BCUT2D eigenvalue weighted by molar-refractivity contribution is -0.123. The third-order valence-corrected chi connectivity index (χ3v) is 2.11. The average molecular weight is 239 g/mol. The second-order valence-corrected chi connectivity index (χ2v) is 3.49. The molecule has 0 fully saturated rings. The van der Waals surface area contributed by atoms with E-state index in [1.54, 1.807) is 13.0 Å². The highest BCUT2D eigenvalue weighted by atomic mass is 19.1. The quantitative estimate of drug-likeness (QED) is 0.699. The molecule has 0 heterocycles. The fourth-order valence-corrected chi connectivity index (χ4v) is 1.17. The molecule has 0 unspecified atom stereocenters. The maximum atomic E-state index is 12.9. The van der Waals surface area contributed by atoms with E-state index in [-0.39, 0.29) is 13.1 Å². The second-order valence-electron chi connectivity index (χ2n) is 3.49. The van der Waals surface area contributed by atoms with Crippen molar-refractivity contribution in [1.82, 2.24) is 5.32 Å². The van der Waals surface area contributed by atoms with Gasteiger partial charge in [0, 0.05) is 5.69 Å². The number of hydrogen-bond donors (Lipinski definition) is 3. The van der Waals surface area contributed by atoms with Gasteiger partial charge in [-0.3, -0.25) is 9.59 Å². The van der Waals surface area contributed by atoms with Gasteiger partial charge in [0.25, 0.3) is 0 Å². The van der Waals surface area contributed by atoms with Gasteiger partial charge in [-0.2, -0.15) is 0 Å². The van der Waals surface area contributed by atoms with E-state index < -0.39 is 17.6 Å². The van der Waals surface area contributed by atoms with Crippen LogP contribution in [-0.2, 0) is 9.59 Å². The zero-order valence-electron chi connectivity index (χ0n) is 9.42. The van der Waals surface area contributed by atoms with Crippen LogP contribution in [0.2, 0.25) is 0 Å². The Kier molecular flexibility index (Phi) is 4.59. The Morgan fingerprint density at radius 2 is 2.06 bits per heavy atom. The number of carbonyl (C=O) groups excluding carboxylic acids is 2. The maximum Gasteiger partial charge on any atom is 0.243 e. The maximum absolute atomic E-state index is 12.9. The van der Waals surface area contributed by atoms with E-state index in [1.165, 1.54) is 12.1 Å². The van der Waals surface area contributed by atoms with E-state index in [4.69, 9.17) is 5.73 Å². The molecule has 92 valence electrons. The predicted octanol–water partition coefficient (Wildman–Crippen LogP) is 0.148. The van der Waals surface area contributed by atoms with Gasteiger partial charge >= 0.3 is 0 Å². The smallest absolute Gasteiger partial charge is 0.243 e. The topological polar surface area (TPSA) is 84.2 Å². The lowest BCUT2D eigenvalue weighted by atomic mass is 10.2. The average Bonchev–Trinajstić information content (AvgIpc) is 2.30. The highest BCUT2D eigenvalue weighted by Crippen LogP contribution is 2.15. The summed E-state index contributed by atoms with van der Waals surface area (Å²) < 4.78 is 12.9. The van der Waals surface area contributed by atoms with Crippen LogP contribution in [0, 0.1) is 12.7 Å². The Hall–Kier alpha value is -1.95. The molecule has 0 spiro atoms. The van der Waals surface area contributed by atoms with Crippen LogP contribution >= 0.6 is 0 Å². The van der Waals surface area contributed by atoms with Gasteiger partial charge in [0.1, 0.15) is 5.82 Å². The lowest BCUT2D eigenvalue weighted by Gasteiger charge is -2.08. The molecule has 2 amide bonds. The van der Waals surface area contributed by atoms with Crippen molar-refractivity contribution in [1.29, 1.82) is 0 Å². The van der Waals surface area contributed by atoms with Gasteiger partial charge < -0.3 is 16.4 Å². The third kappa shape index (κ3) is 4.20. The third-order valence-electron chi connectivity index (χ3n) is 2.11. The number of rotatable bonds is 4. The zero-order chi connectivity index (χ0) is 12.8. The number of amides is 2. The molecule has 1 aromatic rings. The largest absolute Gasteiger partial charge is 0.346 e. The number of anilines is 1. The number of benzene rings is 1. The van der Waals surface area contributed by atoms with E-state index in [1.807, 2.05) is 0 Å². The van der Waals surface area contributed by atoms with E-state index in [2.05, 4.69) is 10.6 Å². The molecule has 0 atom stereocenters. The standard InChI is InChI=1S/C11H14FN3O2/c1-7-2-3-8(12)4-9(7)15-11(17)6-14-10(16)5-13/h2-4H,5-6,13H2,1H3,(H,14,16)(H,15,17). The van der Waals surface area contributed by atoms with Crippen molar-refractivity contribution >= 4 is 17.5 Å². The fraction of sp³-hybridized carbons (Fsp3) is 0.273. The summed E-state index contributed by atoms with van der Waals surface area (Å²) in [5.41, 5.74) is 6.19. The van der Waals surface area contributed by atoms with Gasteiger partial charge in [0.2, 0.25) is 11.8 Å². The Balaban J connectivity index is 2.56. The molecule has 0 saturated heterocycles. The summed E-state index contributed by atoms with van der Waals surface area (Å²) in [5, 5.41) is 4.81. The monoisotopic (exact) mass is 239 g/mol. The SMILES string of the molecule is Cc1ccc(F)cc1NC(=O)CNC(=O)CN. The van der Waals surface area contributed by atoms with Crippen LogP contribution in [0.15, 0.2) is 18.2 Å². The van der Waals surface area contributed by atoms with Gasteiger partial charge in [0.05, 0.1) is 13.1 Å². The van der Waals surface area contributed by atoms with Crippen LogP contribution in [0.4, 0.5) is 10.1 Å². The van der Waals surface area contributed by atoms with Crippen molar-refractivity contribution in [3.05, 3.63) is 29.6 Å². The summed E-state index contributed by atoms with van der Waals surface area (Å²) in [6.45, 7) is 1.38. The molecule has 0 aromatic heterocycles. The fourth-order valence-electron chi connectivity index (χ4n) is 1.17. The molecule has 0 radical (unpaired) electrons. The molecule has 0 saturated carbocycles. The molecule has 1 aromatic carbocycles. The Morgan fingerprint density at radius 1 is 1.35 bits per heavy atom. The van der Waals surface area contributed by atoms with Gasteiger partial charge in [-0.05, 0) is 24.6 Å². The normalized spacial score (nSPS) is 9.82. The first-order valence-electron chi connectivity index (χ1n) is 5.05. The van der Waals surface area contributed by atoms with Crippen molar-refractivity contribution in [2.24, 2.45) is 5.73 Å². The predicted molar refractivity (Wildman–Crippen MR) is 61.8 cm³/mol. The number of halogens is 1. The molecule has 6 heteroatoms. The number of hydrogen-bond acceptors (Lipinski definition) is 3. The van der Waals surface area contributed by atoms with Crippen molar-refractivity contribution in [3.63, 3.8) is 0 Å². The Morgan fingerprint density at radius 3 is 2.71 bits per heavy atom. The van der Waals surface area contributed by atoms with Crippen LogP contribution in [0.3, 0.4) is 0 Å². The summed E-state index contributed by atoms with van der Waals surface area (Å²) in [6, 6.07) is 4.09. The molecule has 4 N–H and O–H groups in total. The minimum absolute atomic E-state index is 0.174. The second kappa shape index (κ2) is 5.95. The van der Waals surface area contributed by atoms with Crippen LogP contribution in [0.25, 0.3) is 0 Å². The molecule has 1 rings (SSSR count). The molecule has 17 heavy (non-hydrogen) atoms. The van der Waals surface area contributed by atoms with Gasteiger partial charge in [0.15, 0.2) is 0 Å². The number of nitrogens with two attached hydrogens (primary N) is 1. The Labute approximate surface area is 98.2 Å². The summed E-state index contributed by atoms with van der Waals surface area (Å²) in [4.78, 5) is 22.2. The number of carbonyl (C=O) groups is 2. The van der Waals surface area contributed by atoms with Gasteiger partial charge in [-0.25, -0.2) is 4.39 Å². The summed E-state index contributed by atoms with van der Waals surface area (Å²) in [7, 11) is 0. The minimum Gasteiger partial charge on any atom is -0.346 e. The number of nitrogens with one attached hydrogen (secondary N) is 2. The molecular weight excluding hydrogens is 225 g/mol.